The molecule has 0 spiro atoms. The Morgan fingerprint density at radius 3 is 2.42 bits per heavy atom. The molecular weight excluding hydrogens is 240 g/mol. The first kappa shape index (κ1) is 12.7. The van der Waals surface area contributed by atoms with Gasteiger partial charge < -0.3 is 9.84 Å². The van der Waals surface area contributed by atoms with Crippen molar-refractivity contribution < 1.29 is 14.6 Å². The first-order valence-corrected chi connectivity index (χ1v) is 7.14. The van der Waals surface area contributed by atoms with Gasteiger partial charge in [0.2, 0.25) is 0 Å². The van der Waals surface area contributed by atoms with Crippen LogP contribution in [0.15, 0.2) is 24.3 Å². The van der Waals surface area contributed by atoms with Gasteiger partial charge >= 0.3 is 5.97 Å². The zero-order valence-electron chi connectivity index (χ0n) is 11.1. The lowest BCUT2D eigenvalue weighted by atomic mass is 9.78. The summed E-state index contributed by atoms with van der Waals surface area (Å²) in [6.45, 7) is 1.63. The Kier molecular flexibility index (Phi) is 3.31. The van der Waals surface area contributed by atoms with Crippen molar-refractivity contribution in [1.82, 2.24) is 0 Å². The second kappa shape index (κ2) is 4.97. The zero-order chi connectivity index (χ0) is 13.3. The summed E-state index contributed by atoms with van der Waals surface area (Å²) in [5.74, 6) is -0.180. The van der Waals surface area contributed by atoms with E-state index >= 15 is 0 Å². The number of benzene rings is 1. The van der Waals surface area contributed by atoms with Gasteiger partial charge in [-0.3, -0.25) is 4.79 Å². The summed E-state index contributed by atoms with van der Waals surface area (Å²) >= 11 is 0. The molecule has 0 radical (unpaired) electrons. The number of hydrogen-bond acceptors (Lipinski definition) is 2. The quantitative estimate of drug-likeness (QED) is 0.908. The predicted molar refractivity (Wildman–Crippen MR) is 72.4 cm³/mol. The van der Waals surface area contributed by atoms with Crippen LogP contribution in [0.2, 0.25) is 0 Å². The number of rotatable bonds is 3. The molecule has 1 N–H and O–H groups in total. The van der Waals surface area contributed by atoms with Crippen molar-refractivity contribution in [3.8, 4) is 0 Å². The minimum absolute atomic E-state index is 0.485. The molecule has 1 saturated carbocycles. The summed E-state index contributed by atoms with van der Waals surface area (Å²) in [5, 5.41) is 9.58. The van der Waals surface area contributed by atoms with Gasteiger partial charge in [0.25, 0.3) is 0 Å². The monoisotopic (exact) mass is 260 g/mol. The molecule has 2 aliphatic rings. The highest BCUT2D eigenvalue weighted by Gasteiger charge is 2.42. The van der Waals surface area contributed by atoms with Gasteiger partial charge in [0, 0.05) is 12.5 Å². The van der Waals surface area contributed by atoms with Gasteiger partial charge in [0.05, 0.1) is 12.0 Å². The van der Waals surface area contributed by atoms with Gasteiger partial charge in [-0.25, -0.2) is 0 Å². The van der Waals surface area contributed by atoms with E-state index in [-0.39, 0.29) is 0 Å². The smallest absolute Gasteiger partial charge is 0.314 e. The van der Waals surface area contributed by atoms with Crippen LogP contribution in [0.1, 0.15) is 49.1 Å². The molecule has 1 atom stereocenters. The normalized spacial score (nSPS) is 25.6. The van der Waals surface area contributed by atoms with Gasteiger partial charge in [0.15, 0.2) is 0 Å². The summed E-state index contributed by atoms with van der Waals surface area (Å²) in [4.78, 5) is 11.6. The molecule has 1 saturated heterocycles. The Morgan fingerprint density at radius 2 is 1.89 bits per heavy atom. The highest BCUT2D eigenvalue weighted by molar-refractivity contribution is 5.81. The number of aliphatic carboxylic acids is 1. The van der Waals surface area contributed by atoms with E-state index in [1.54, 1.807) is 0 Å². The van der Waals surface area contributed by atoms with Gasteiger partial charge in [-0.15, -0.1) is 0 Å². The van der Waals surface area contributed by atoms with E-state index in [2.05, 4.69) is 12.1 Å². The van der Waals surface area contributed by atoms with Crippen molar-refractivity contribution in [2.24, 2.45) is 0 Å². The van der Waals surface area contributed by atoms with Crippen LogP contribution in [-0.2, 0) is 14.9 Å². The molecule has 0 bridgehead atoms. The molecule has 3 rings (SSSR count). The lowest BCUT2D eigenvalue weighted by Crippen LogP contribution is -2.32. The summed E-state index contributed by atoms with van der Waals surface area (Å²) in [6, 6.07) is 8.23. The molecule has 0 amide bonds. The number of carbonyl (C=O) groups is 1. The van der Waals surface area contributed by atoms with Gasteiger partial charge in [-0.1, -0.05) is 37.1 Å². The Hall–Kier alpha value is -1.35. The SMILES string of the molecule is O=C(O)C1(c2ccc(C3CCOC3)cc2)CCCC1. The molecule has 1 heterocycles. The van der Waals surface area contributed by atoms with Crippen LogP contribution in [0.5, 0.6) is 0 Å². The molecule has 3 nitrogen and oxygen atoms in total. The standard InChI is InChI=1S/C16H20O3/c17-15(18)16(8-1-2-9-16)14-5-3-12(4-6-14)13-7-10-19-11-13/h3-6,13H,1-2,7-11H2,(H,17,18). The molecule has 19 heavy (non-hydrogen) atoms. The van der Waals surface area contributed by atoms with Crippen molar-refractivity contribution >= 4 is 5.97 Å². The molecule has 2 fully saturated rings. The van der Waals surface area contributed by atoms with E-state index in [1.165, 1.54) is 5.56 Å². The van der Waals surface area contributed by atoms with Crippen LogP contribution < -0.4 is 0 Å². The highest BCUT2D eigenvalue weighted by Crippen LogP contribution is 2.41. The Morgan fingerprint density at radius 1 is 1.21 bits per heavy atom. The van der Waals surface area contributed by atoms with Crippen molar-refractivity contribution in [1.29, 1.82) is 0 Å². The number of carboxylic acids is 1. The minimum atomic E-state index is -0.665. The lowest BCUT2D eigenvalue weighted by Gasteiger charge is -2.24. The molecule has 1 aliphatic carbocycles. The molecule has 1 aromatic carbocycles. The molecule has 1 aromatic rings. The Bertz CT molecular complexity index is 451. The van der Waals surface area contributed by atoms with Crippen LogP contribution in [0.25, 0.3) is 0 Å². The van der Waals surface area contributed by atoms with Crippen LogP contribution in [0.4, 0.5) is 0 Å². The summed E-state index contributed by atoms with van der Waals surface area (Å²) in [7, 11) is 0. The zero-order valence-corrected chi connectivity index (χ0v) is 11.1. The first-order chi connectivity index (χ1) is 9.22. The summed E-state index contributed by atoms with van der Waals surface area (Å²) in [5.41, 5.74) is 1.62. The van der Waals surface area contributed by atoms with Crippen molar-refractivity contribution in [2.45, 2.75) is 43.4 Å². The summed E-state index contributed by atoms with van der Waals surface area (Å²) in [6.07, 6.45) is 4.65. The topological polar surface area (TPSA) is 46.5 Å². The maximum absolute atomic E-state index is 11.6. The van der Waals surface area contributed by atoms with E-state index in [9.17, 15) is 9.90 Å². The molecule has 102 valence electrons. The minimum Gasteiger partial charge on any atom is -0.481 e. The van der Waals surface area contributed by atoms with Crippen LogP contribution in [0.3, 0.4) is 0 Å². The van der Waals surface area contributed by atoms with E-state index < -0.39 is 11.4 Å². The second-order valence-electron chi connectivity index (χ2n) is 5.78. The highest BCUT2D eigenvalue weighted by atomic mass is 16.5. The average Bonchev–Trinajstić information content (AvgIpc) is 3.11. The van der Waals surface area contributed by atoms with E-state index in [1.807, 2.05) is 12.1 Å². The van der Waals surface area contributed by atoms with E-state index in [0.717, 1.165) is 50.9 Å². The first-order valence-electron chi connectivity index (χ1n) is 7.14. The van der Waals surface area contributed by atoms with Gasteiger partial charge in [-0.05, 0) is 30.4 Å². The Balaban J connectivity index is 1.86. The van der Waals surface area contributed by atoms with Crippen LogP contribution in [-0.4, -0.2) is 24.3 Å². The predicted octanol–water partition coefficient (Wildman–Crippen LogP) is 3.09. The molecule has 1 unspecified atom stereocenters. The van der Waals surface area contributed by atoms with Gasteiger partial charge in [0.1, 0.15) is 0 Å². The maximum atomic E-state index is 11.6. The number of ether oxygens (including phenoxy) is 1. The van der Waals surface area contributed by atoms with E-state index in [0.29, 0.717) is 5.92 Å². The average molecular weight is 260 g/mol. The third-order valence-corrected chi connectivity index (χ3v) is 4.73. The van der Waals surface area contributed by atoms with Crippen LogP contribution >= 0.6 is 0 Å². The molecule has 0 aromatic heterocycles. The molecule has 3 heteroatoms. The summed E-state index contributed by atoms with van der Waals surface area (Å²) < 4.78 is 5.41. The fourth-order valence-electron chi connectivity index (χ4n) is 3.48. The third kappa shape index (κ3) is 2.16. The number of hydrogen-bond donors (Lipinski definition) is 1. The molecular formula is C16H20O3. The molecule has 1 aliphatic heterocycles. The van der Waals surface area contributed by atoms with Crippen molar-refractivity contribution in [3.63, 3.8) is 0 Å². The van der Waals surface area contributed by atoms with Crippen molar-refractivity contribution in [2.75, 3.05) is 13.2 Å². The maximum Gasteiger partial charge on any atom is 0.314 e. The van der Waals surface area contributed by atoms with E-state index in [4.69, 9.17) is 4.74 Å². The van der Waals surface area contributed by atoms with Crippen molar-refractivity contribution in [3.05, 3.63) is 35.4 Å². The van der Waals surface area contributed by atoms with Gasteiger partial charge in [-0.2, -0.15) is 0 Å². The second-order valence-corrected chi connectivity index (χ2v) is 5.78. The van der Waals surface area contributed by atoms with Crippen LogP contribution in [0, 0.1) is 0 Å². The fraction of sp³-hybridized carbons (Fsp3) is 0.562. The Labute approximate surface area is 113 Å². The fourth-order valence-corrected chi connectivity index (χ4v) is 3.48. The largest absolute Gasteiger partial charge is 0.481 e. The third-order valence-electron chi connectivity index (χ3n) is 4.73. The lowest BCUT2D eigenvalue weighted by molar-refractivity contribution is -0.143. The number of carboxylic acid groups (broad SMARTS) is 1.